The van der Waals surface area contributed by atoms with Crippen LogP contribution in [0.3, 0.4) is 0 Å². The maximum Gasteiger partial charge on any atom is 0.323 e. The number of nitrogens with zero attached hydrogens (tertiary/aromatic N) is 2. The van der Waals surface area contributed by atoms with Crippen molar-refractivity contribution in [2.24, 2.45) is 0 Å². The largest absolute Gasteiger partial charge is 0.323 e. The number of hydrogen-bond donors (Lipinski definition) is 2. The van der Waals surface area contributed by atoms with Crippen molar-refractivity contribution in [1.82, 2.24) is 9.97 Å². The number of nitrogens with one attached hydrogen (secondary N) is 2. The van der Waals surface area contributed by atoms with Gasteiger partial charge in [0.15, 0.2) is 5.82 Å². The Hall–Kier alpha value is -3.70. The SMILES string of the molecule is Cc1cccc(C(C)C)c1NC(=O)Nc1cnc(-c2ccccc2)nc1-c1ccccc1Cl. The molecule has 166 valence electrons. The van der Waals surface area contributed by atoms with Crippen LogP contribution >= 0.6 is 11.6 Å². The smallest absolute Gasteiger partial charge is 0.307 e. The number of urea groups is 1. The first-order valence-corrected chi connectivity index (χ1v) is 11.2. The Bertz CT molecular complexity index is 1290. The zero-order valence-electron chi connectivity index (χ0n) is 18.8. The molecule has 0 fully saturated rings. The van der Waals surface area contributed by atoms with Gasteiger partial charge in [0.1, 0.15) is 0 Å². The first kappa shape index (κ1) is 22.5. The van der Waals surface area contributed by atoms with E-state index in [2.05, 4.69) is 29.5 Å². The quantitative estimate of drug-likeness (QED) is 0.326. The molecule has 1 heterocycles. The summed E-state index contributed by atoms with van der Waals surface area (Å²) in [5.74, 6) is 0.824. The maximum absolute atomic E-state index is 13.0. The average Bonchev–Trinajstić information content (AvgIpc) is 2.81. The van der Waals surface area contributed by atoms with Gasteiger partial charge in [-0.05, 0) is 30.0 Å². The molecule has 0 aliphatic rings. The molecular weight excluding hydrogens is 432 g/mol. The summed E-state index contributed by atoms with van der Waals surface area (Å²) in [6.07, 6.45) is 1.62. The van der Waals surface area contributed by atoms with E-state index in [1.165, 1.54) is 0 Å². The predicted octanol–water partition coefficient (Wildman–Crippen LogP) is 7.54. The number of benzene rings is 3. The van der Waals surface area contributed by atoms with Crippen LogP contribution in [-0.4, -0.2) is 16.0 Å². The molecule has 2 amide bonds. The Kier molecular flexibility index (Phi) is 6.71. The number of anilines is 2. The van der Waals surface area contributed by atoms with E-state index in [1.54, 1.807) is 12.3 Å². The minimum atomic E-state index is -0.365. The van der Waals surface area contributed by atoms with Crippen LogP contribution in [-0.2, 0) is 0 Å². The second-order valence-corrected chi connectivity index (χ2v) is 8.48. The van der Waals surface area contributed by atoms with Crippen LogP contribution in [0.1, 0.15) is 30.9 Å². The summed E-state index contributed by atoms with van der Waals surface area (Å²) in [5, 5.41) is 6.47. The van der Waals surface area contributed by atoms with Gasteiger partial charge in [0, 0.05) is 16.8 Å². The summed E-state index contributed by atoms with van der Waals surface area (Å²) in [4.78, 5) is 22.3. The van der Waals surface area contributed by atoms with Crippen LogP contribution in [0.15, 0.2) is 79.0 Å². The van der Waals surface area contributed by atoms with Gasteiger partial charge in [-0.2, -0.15) is 0 Å². The van der Waals surface area contributed by atoms with Crippen molar-refractivity contribution in [1.29, 1.82) is 0 Å². The van der Waals surface area contributed by atoms with Gasteiger partial charge >= 0.3 is 6.03 Å². The number of rotatable bonds is 5. The molecule has 3 aromatic carbocycles. The zero-order chi connectivity index (χ0) is 23.4. The first-order valence-electron chi connectivity index (χ1n) is 10.8. The standard InChI is InChI=1S/C27H25ClN4O/c1-17(2)20-14-9-10-18(3)24(20)32-27(33)30-23-16-29-26(19-11-5-4-6-12-19)31-25(23)21-13-7-8-15-22(21)28/h4-17H,1-3H3,(H2,30,32,33). The summed E-state index contributed by atoms with van der Waals surface area (Å²) in [6.45, 7) is 6.18. The van der Waals surface area contributed by atoms with Crippen molar-refractivity contribution >= 4 is 29.0 Å². The molecule has 6 heteroatoms. The topological polar surface area (TPSA) is 66.9 Å². The lowest BCUT2D eigenvalue weighted by Gasteiger charge is -2.18. The van der Waals surface area contributed by atoms with Crippen molar-refractivity contribution < 1.29 is 4.79 Å². The van der Waals surface area contributed by atoms with E-state index in [0.29, 0.717) is 27.8 Å². The molecule has 0 saturated heterocycles. The third-order valence-electron chi connectivity index (χ3n) is 5.36. The first-order chi connectivity index (χ1) is 15.9. The van der Waals surface area contributed by atoms with E-state index >= 15 is 0 Å². The Morgan fingerprint density at radius 3 is 2.36 bits per heavy atom. The molecule has 0 aliphatic carbocycles. The van der Waals surface area contributed by atoms with E-state index in [9.17, 15) is 4.79 Å². The molecule has 0 radical (unpaired) electrons. The second kappa shape index (κ2) is 9.84. The normalized spacial score (nSPS) is 10.8. The average molecular weight is 457 g/mol. The van der Waals surface area contributed by atoms with Gasteiger partial charge in [-0.1, -0.05) is 92.2 Å². The van der Waals surface area contributed by atoms with Gasteiger partial charge in [-0.15, -0.1) is 0 Å². The molecule has 5 nitrogen and oxygen atoms in total. The van der Waals surface area contributed by atoms with Crippen molar-refractivity contribution in [3.63, 3.8) is 0 Å². The van der Waals surface area contributed by atoms with Crippen LogP contribution in [0.5, 0.6) is 0 Å². The third kappa shape index (κ3) is 5.04. The van der Waals surface area contributed by atoms with Crippen LogP contribution in [0.25, 0.3) is 22.6 Å². The Balaban J connectivity index is 1.71. The van der Waals surface area contributed by atoms with Crippen LogP contribution in [0, 0.1) is 6.92 Å². The monoisotopic (exact) mass is 456 g/mol. The van der Waals surface area contributed by atoms with Gasteiger partial charge in [-0.25, -0.2) is 14.8 Å². The van der Waals surface area contributed by atoms with E-state index in [4.69, 9.17) is 16.6 Å². The summed E-state index contributed by atoms with van der Waals surface area (Å²) in [7, 11) is 0. The second-order valence-electron chi connectivity index (χ2n) is 8.07. The van der Waals surface area contributed by atoms with Crippen molar-refractivity contribution in [3.05, 3.63) is 95.1 Å². The Morgan fingerprint density at radius 2 is 1.64 bits per heavy atom. The number of halogens is 1. The predicted molar refractivity (Wildman–Crippen MR) is 136 cm³/mol. The van der Waals surface area contributed by atoms with E-state index in [1.807, 2.05) is 73.7 Å². The maximum atomic E-state index is 13.0. The van der Waals surface area contributed by atoms with Crippen molar-refractivity contribution in [2.75, 3.05) is 10.6 Å². The highest BCUT2D eigenvalue weighted by molar-refractivity contribution is 6.33. The van der Waals surface area contributed by atoms with E-state index in [-0.39, 0.29) is 11.9 Å². The number of carbonyl (C=O) groups is 1. The Labute approximate surface area is 198 Å². The van der Waals surface area contributed by atoms with Crippen LogP contribution in [0.4, 0.5) is 16.2 Å². The fourth-order valence-corrected chi connectivity index (χ4v) is 3.89. The summed E-state index contributed by atoms with van der Waals surface area (Å²) in [6, 6.07) is 22.8. The lowest BCUT2D eigenvalue weighted by Crippen LogP contribution is -2.22. The van der Waals surface area contributed by atoms with Crippen LogP contribution in [0.2, 0.25) is 5.02 Å². The van der Waals surface area contributed by atoms with Gasteiger partial charge in [0.05, 0.1) is 22.6 Å². The number of para-hydroxylation sites is 1. The lowest BCUT2D eigenvalue weighted by atomic mass is 9.98. The number of aryl methyl sites for hydroxylation is 1. The lowest BCUT2D eigenvalue weighted by molar-refractivity contribution is 0.262. The summed E-state index contributed by atoms with van der Waals surface area (Å²) in [5.41, 5.74) is 5.51. The molecule has 0 saturated carbocycles. The van der Waals surface area contributed by atoms with Crippen molar-refractivity contribution in [2.45, 2.75) is 26.7 Å². The summed E-state index contributed by atoms with van der Waals surface area (Å²) >= 11 is 6.48. The molecule has 4 aromatic rings. The highest BCUT2D eigenvalue weighted by Gasteiger charge is 2.17. The molecule has 0 bridgehead atoms. The van der Waals surface area contributed by atoms with Gasteiger partial charge in [-0.3, -0.25) is 0 Å². The van der Waals surface area contributed by atoms with Gasteiger partial charge in [0.25, 0.3) is 0 Å². The third-order valence-corrected chi connectivity index (χ3v) is 5.69. The molecule has 0 aliphatic heterocycles. The van der Waals surface area contributed by atoms with E-state index in [0.717, 1.165) is 22.4 Å². The number of aromatic nitrogens is 2. The number of hydrogen-bond acceptors (Lipinski definition) is 3. The molecule has 1 aromatic heterocycles. The molecule has 4 rings (SSSR count). The van der Waals surface area contributed by atoms with E-state index < -0.39 is 0 Å². The Morgan fingerprint density at radius 1 is 0.909 bits per heavy atom. The van der Waals surface area contributed by atoms with Gasteiger partial charge in [0.2, 0.25) is 0 Å². The van der Waals surface area contributed by atoms with Crippen molar-refractivity contribution in [3.8, 4) is 22.6 Å². The number of amides is 2. The molecule has 0 unspecified atom stereocenters. The fraction of sp³-hybridized carbons (Fsp3) is 0.148. The minimum Gasteiger partial charge on any atom is -0.307 e. The zero-order valence-corrected chi connectivity index (χ0v) is 19.5. The van der Waals surface area contributed by atoms with Gasteiger partial charge < -0.3 is 10.6 Å². The summed E-state index contributed by atoms with van der Waals surface area (Å²) < 4.78 is 0. The highest BCUT2D eigenvalue weighted by Crippen LogP contribution is 2.33. The molecule has 33 heavy (non-hydrogen) atoms. The fourth-order valence-electron chi connectivity index (χ4n) is 3.67. The minimum absolute atomic E-state index is 0.271. The number of carbonyl (C=O) groups excluding carboxylic acids is 1. The molecule has 0 atom stereocenters. The highest BCUT2D eigenvalue weighted by atomic mass is 35.5. The molecular formula is C27H25ClN4O. The molecule has 2 N–H and O–H groups in total. The molecule has 0 spiro atoms. The van der Waals surface area contributed by atoms with Crippen LogP contribution < -0.4 is 10.6 Å².